The number of Topliss-reactive ketones (excluding diaryl/α,β-unsaturated/α-hetero) is 3. The average molecular weight is 703 g/mol. The Hall–Kier alpha value is -4.98. The van der Waals surface area contributed by atoms with E-state index in [-0.39, 0.29) is 46.6 Å². The molecule has 7 rings (SSSR count). The minimum atomic E-state index is -0.768. The van der Waals surface area contributed by atoms with E-state index < -0.39 is 23.3 Å². The Balaban J connectivity index is 0.000000179. The molecule has 13 heteroatoms. The Morgan fingerprint density at radius 1 is 0.902 bits per heavy atom. The Morgan fingerprint density at radius 3 is 2.16 bits per heavy atom. The normalized spacial score (nSPS) is 16.1. The first-order valence-electron chi connectivity index (χ1n) is 16.7. The molecular formula is C38H44F2N6O5. The summed E-state index contributed by atoms with van der Waals surface area (Å²) in [5.74, 6) is -2.13. The Morgan fingerprint density at radius 2 is 1.57 bits per heavy atom. The number of halogens is 2. The largest absolute Gasteiger partial charge is 0.329 e. The van der Waals surface area contributed by atoms with Gasteiger partial charge in [-0.05, 0) is 71.4 Å². The molecule has 1 atom stereocenters. The summed E-state index contributed by atoms with van der Waals surface area (Å²) in [4.78, 5) is 66.6. The van der Waals surface area contributed by atoms with E-state index in [1.54, 1.807) is 17.0 Å². The number of amides is 2. The van der Waals surface area contributed by atoms with Crippen LogP contribution in [-0.2, 0) is 14.4 Å². The second kappa shape index (κ2) is 16.8. The minimum Gasteiger partial charge on any atom is -0.329 e. The molecule has 4 aromatic rings. The Kier molecular flexibility index (Phi) is 12.8. The van der Waals surface area contributed by atoms with E-state index in [9.17, 15) is 32.8 Å². The molecule has 1 unspecified atom stereocenters. The van der Waals surface area contributed by atoms with Gasteiger partial charge in [0.15, 0.2) is 0 Å². The summed E-state index contributed by atoms with van der Waals surface area (Å²) in [5.41, 5.74) is 8.66. The summed E-state index contributed by atoms with van der Waals surface area (Å²) >= 11 is 0. The number of fused-ring (bicyclic) bond motifs is 3. The summed E-state index contributed by atoms with van der Waals surface area (Å²) in [6, 6.07) is 12.7. The molecule has 270 valence electrons. The first-order chi connectivity index (χ1) is 24.2. The number of pyridine rings is 1. The van der Waals surface area contributed by atoms with Crippen molar-refractivity contribution in [3.8, 4) is 0 Å². The van der Waals surface area contributed by atoms with Crippen LogP contribution in [0, 0.1) is 24.5 Å². The molecule has 51 heavy (non-hydrogen) atoms. The lowest BCUT2D eigenvalue weighted by molar-refractivity contribution is -0.132. The van der Waals surface area contributed by atoms with Gasteiger partial charge >= 0.3 is 0 Å². The van der Waals surface area contributed by atoms with Crippen LogP contribution in [0.3, 0.4) is 0 Å². The van der Waals surface area contributed by atoms with Crippen LogP contribution in [0.15, 0.2) is 48.5 Å². The van der Waals surface area contributed by atoms with Crippen molar-refractivity contribution >= 4 is 62.3 Å². The molecule has 1 aliphatic carbocycles. The lowest BCUT2D eigenvalue weighted by Gasteiger charge is -2.20. The number of anilines is 2. The number of rotatable bonds is 5. The third kappa shape index (κ3) is 8.85. The number of nitrogens with two attached hydrogens (primary N) is 1. The SMILES string of the molecule is CC1CCC(=O)CC1=O.CN(C)CCN.Cc1ccc2c3c(c4cccc(F)c4nc13)C(=O)N2CCN(C)C.O=C1Nc2c(F)cccc2C1=O. The van der Waals surface area contributed by atoms with Gasteiger partial charge in [0.2, 0.25) is 0 Å². The molecule has 3 N–H and O–H groups in total. The van der Waals surface area contributed by atoms with E-state index >= 15 is 0 Å². The number of nitrogens with zero attached hydrogens (tertiary/aromatic N) is 4. The molecular weight excluding hydrogens is 658 g/mol. The predicted molar refractivity (Wildman–Crippen MR) is 194 cm³/mol. The van der Waals surface area contributed by atoms with Crippen molar-refractivity contribution in [2.45, 2.75) is 33.1 Å². The summed E-state index contributed by atoms with van der Waals surface area (Å²) in [6.45, 7) is 6.92. The number of likely N-dealkylation sites (N-methyl/N-ethyl adjacent to an activating group) is 2. The fraction of sp³-hybridized carbons (Fsp3) is 0.368. The molecule has 0 bridgehead atoms. The maximum atomic E-state index is 14.3. The molecule has 3 aromatic carbocycles. The number of aromatic nitrogens is 1. The van der Waals surface area contributed by atoms with Crippen molar-refractivity contribution in [2.24, 2.45) is 11.7 Å². The van der Waals surface area contributed by atoms with Gasteiger partial charge in [0.1, 0.15) is 28.7 Å². The first-order valence-corrected chi connectivity index (χ1v) is 16.7. The van der Waals surface area contributed by atoms with Crippen molar-refractivity contribution in [2.75, 3.05) is 64.6 Å². The van der Waals surface area contributed by atoms with E-state index in [0.29, 0.717) is 29.4 Å². The standard InChI is InChI=1S/C19H18FN3O.C8H4FNO2.C7H10O2.C4H12N2/c1-11-7-8-14-16-15(19(24)23(14)10-9-22(2)3)12-5-4-6-13(20)18(12)21-17(11)16;9-5-3-1-2-4-6(5)10-8(12)7(4)11;1-5-2-3-6(8)4-7(5)9;1-6(2)4-3-5/h4-8H,9-10H2,1-3H3;1-3H,(H,10,11,12);5H,2-4H2,1H3;3-5H2,1-2H3. The maximum Gasteiger partial charge on any atom is 0.296 e. The fourth-order valence-electron chi connectivity index (χ4n) is 5.75. The number of carbonyl (C=O) groups is 5. The van der Waals surface area contributed by atoms with Gasteiger partial charge in [0, 0.05) is 49.3 Å². The molecule has 3 heterocycles. The number of aryl methyl sites for hydroxylation is 1. The second-order valence-corrected chi connectivity index (χ2v) is 13.2. The van der Waals surface area contributed by atoms with Crippen LogP contribution in [0.2, 0.25) is 0 Å². The average Bonchev–Trinajstić information content (AvgIpc) is 3.54. The Bertz CT molecular complexity index is 2000. The number of nitrogens with one attached hydrogen (secondary N) is 1. The zero-order chi connectivity index (χ0) is 37.6. The summed E-state index contributed by atoms with van der Waals surface area (Å²) in [6.07, 6.45) is 1.55. The van der Waals surface area contributed by atoms with Crippen molar-refractivity contribution in [3.05, 3.63) is 76.9 Å². The molecule has 3 aliphatic rings. The van der Waals surface area contributed by atoms with Crippen molar-refractivity contribution in [3.63, 3.8) is 0 Å². The molecule has 2 aliphatic heterocycles. The third-order valence-electron chi connectivity index (χ3n) is 8.66. The zero-order valence-corrected chi connectivity index (χ0v) is 29.8. The molecule has 0 spiro atoms. The second-order valence-electron chi connectivity index (χ2n) is 13.2. The van der Waals surface area contributed by atoms with Gasteiger partial charge in [0.25, 0.3) is 17.6 Å². The topological polar surface area (TPSA) is 146 Å². The van der Waals surface area contributed by atoms with Gasteiger partial charge in [-0.25, -0.2) is 13.8 Å². The van der Waals surface area contributed by atoms with Crippen molar-refractivity contribution < 1.29 is 32.8 Å². The number of hydrogen-bond donors (Lipinski definition) is 2. The van der Waals surface area contributed by atoms with Crippen LogP contribution in [-0.4, -0.2) is 98.3 Å². The monoisotopic (exact) mass is 702 g/mol. The maximum absolute atomic E-state index is 14.3. The summed E-state index contributed by atoms with van der Waals surface area (Å²) in [7, 11) is 7.97. The fourth-order valence-corrected chi connectivity index (χ4v) is 5.75. The van der Waals surface area contributed by atoms with Crippen LogP contribution in [0.1, 0.15) is 52.5 Å². The van der Waals surface area contributed by atoms with E-state index in [2.05, 4.69) is 15.2 Å². The van der Waals surface area contributed by atoms with Crippen molar-refractivity contribution in [1.82, 2.24) is 14.8 Å². The van der Waals surface area contributed by atoms with E-state index in [0.717, 1.165) is 42.7 Å². The highest BCUT2D eigenvalue weighted by molar-refractivity contribution is 6.51. The lowest BCUT2D eigenvalue weighted by atomic mass is 9.89. The molecule has 0 radical (unpaired) electrons. The van der Waals surface area contributed by atoms with Crippen LogP contribution < -0.4 is 16.0 Å². The van der Waals surface area contributed by atoms with Crippen LogP contribution in [0.5, 0.6) is 0 Å². The summed E-state index contributed by atoms with van der Waals surface area (Å²) < 4.78 is 27.1. The molecule has 11 nitrogen and oxygen atoms in total. The van der Waals surface area contributed by atoms with Crippen LogP contribution in [0.4, 0.5) is 20.2 Å². The third-order valence-corrected chi connectivity index (χ3v) is 8.66. The summed E-state index contributed by atoms with van der Waals surface area (Å²) in [5, 5.41) is 3.59. The van der Waals surface area contributed by atoms with Crippen LogP contribution >= 0.6 is 0 Å². The first kappa shape index (κ1) is 38.8. The van der Waals surface area contributed by atoms with Gasteiger partial charge in [-0.1, -0.05) is 31.2 Å². The molecule has 1 aromatic heterocycles. The number of hydrogen-bond acceptors (Lipinski definition) is 9. The predicted octanol–water partition coefficient (Wildman–Crippen LogP) is 4.77. The van der Waals surface area contributed by atoms with Gasteiger partial charge in [-0.2, -0.15) is 0 Å². The molecule has 1 fully saturated rings. The van der Waals surface area contributed by atoms with E-state index in [1.165, 1.54) is 24.3 Å². The molecule has 0 saturated heterocycles. The lowest BCUT2D eigenvalue weighted by Crippen LogP contribution is -2.34. The van der Waals surface area contributed by atoms with Gasteiger partial charge in [-0.15, -0.1) is 0 Å². The number of para-hydroxylation sites is 2. The minimum absolute atomic E-state index is 0.00694. The smallest absolute Gasteiger partial charge is 0.296 e. The van der Waals surface area contributed by atoms with E-state index in [4.69, 9.17) is 5.73 Å². The Labute approximate surface area is 295 Å². The van der Waals surface area contributed by atoms with Gasteiger partial charge in [-0.3, -0.25) is 24.0 Å². The highest BCUT2D eigenvalue weighted by Gasteiger charge is 2.33. The number of benzene rings is 3. The number of ketones is 3. The highest BCUT2D eigenvalue weighted by Crippen LogP contribution is 2.41. The molecule has 1 saturated carbocycles. The van der Waals surface area contributed by atoms with Crippen molar-refractivity contribution in [1.29, 1.82) is 0 Å². The van der Waals surface area contributed by atoms with E-state index in [1.807, 2.05) is 59.1 Å². The molecule has 2 amide bonds. The van der Waals surface area contributed by atoms with Crippen LogP contribution in [0.25, 0.3) is 21.8 Å². The van der Waals surface area contributed by atoms with Gasteiger partial charge in [0.05, 0.1) is 34.4 Å². The highest BCUT2D eigenvalue weighted by atomic mass is 19.1. The van der Waals surface area contributed by atoms with Gasteiger partial charge < -0.3 is 25.8 Å². The quantitative estimate of drug-likeness (QED) is 0.171. The zero-order valence-electron chi connectivity index (χ0n) is 29.8. The number of carbonyl (C=O) groups excluding carboxylic acids is 5.